The molecule has 4 rings (SSSR count). The Morgan fingerprint density at radius 1 is 0.921 bits per heavy atom. The molecule has 1 atom stereocenters. The molecule has 38 heavy (non-hydrogen) atoms. The summed E-state index contributed by atoms with van der Waals surface area (Å²) in [6, 6.07) is 20.9. The van der Waals surface area contributed by atoms with Crippen LogP contribution < -0.4 is 10.1 Å². The zero-order valence-electron chi connectivity index (χ0n) is 22.3. The summed E-state index contributed by atoms with van der Waals surface area (Å²) in [6.45, 7) is 3.99. The van der Waals surface area contributed by atoms with Crippen LogP contribution in [0.3, 0.4) is 0 Å². The second-order valence-electron chi connectivity index (χ2n) is 10.2. The van der Waals surface area contributed by atoms with E-state index in [0.717, 1.165) is 47.9 Å². The van der Waals surface area contributed by atoms with Crippen molar-refractivity contribution in [3.05, 3.63) is 101 Å². The molecular weight excluding hydrogens is 479 g/mol. The maximum atomic E-state index is 13.8. The number of hydrogen-bond donors (Lipinski definition) is 1. The average molecular weight is 517 g/mol. The van der Waals surface area contributed by atoms with E-state index in [4.69, 9.17) is 4.74 Å². The Morgan fingerprint density at radius 3 is 2.32 bits per heavy atom. The van der Waals surface area contributed by atoms with Gasteiger partial charge < -0.3 is 15.0 Å². The molecule has 0 saturated heterocycles. The lowest BCUT2D eigenvalue weighted by Gasteiger charge is -2.33. The number of halogens is 1. The normalized spacial score (nSPS) is 14.5. The van der Waals surface area contributed by atoms with Crippen LogP contribution in [0.1, 0.15) is 54.4 Å². The molecule has 1 aliphatic rings. The number of nitrogens with one attached hydrogen (secondary N) is 1. The van der Waals surface area contributed by atoms with Gasteiger partial charge in [0.15, 0.2) is 6.61 Å². The minimum atomic E-state index is -0.736. The molecule has 1 unspecified atom stereocenters. The molecule has 0 bridgehead atoms. The SMILES string of the molecule is Cc1ccc(OCC(=O)N(Cc2ccc(F)cc2)C(Cc2ccccc2)C(=O)NC2CCCCC2)cc1C. The van der Waals surface area contributed by atoms with Gasteiger partial charge in [0.1, 0.15) is 17.6 Å². The lowest BCUT2D eigenvalue weighted by atomic mass is 9.94. The van der Waals surface area contributed by atoms with Gasteiger partial charge in [0, 0.05) is 19.0 Å². The lowest BCUT2D eigenvalue weighted by molar-refractivity contribution is -0.143. The van der Waals surface area contributed by atoms with Gasteiger partial charge in [0.2, 0.25) is 5.91 Å². The number of aryl methyl sites for hydroxylation is 2. The first-order valence-electron chi connectivity index (χ1n) is 13.5. The van der Waals surface area contributed by atoms with Crippen LogP contribution in [-0.2, 0) is 22.6 Å². The van der Waals surface area contributed by atoms with Gasteiger partial charge in [-0.15, -0.1) is 0 Å². The van der Waals surface area contributed by atoms with Crippen LogP contribution >= 0.6 is 0 Å². The average Bonchev–Trinajstić information content (AvgIpc) is 2.93. The number of ether oxygens (including phenoxy) is 1. The van der Waals surface area contributed by atoms with Crippen LogP contribution in [0.15, 0.2) is 72.8 Å². The molecule has 0 aromatic heterocycles. The first kappa shape index (κ1) is 27.4. The van der Waals surface area contributed by atoms with Crippen LogP contribution in [0, 0.1) is 19.7 Å². The predicted molar refractivity (Wildman–Crippen MR) is 147 cm³/mol. The quantitative estimate of drug-likeness (QED) is 0.364. The Bertz CT molecular complexity index is 1210. The van der Waals surface area contributed by atoms with Gasteiger partial charge in [-0.3, -0.25) is 9.59 Å². The second kappa shape index (κ2) is 13.2. The lowest BCUT2D eigenvalue weighted by Crippen LogP contribution is -2.53. The Hall–Kier alpha value is -3.67. The first-order chi connectivity index (χ1) is 18.4. The van der Waals surface area contributed by atoms with Crippen molar-refractivity contribution in [2.45, 2.75) is 71.0 Å². The highest BCUT2D eigenvalue weighted by Gasteiger charge is 2.32. The predicted octanol–water partition coefficient (Wildman–Crippen LogP) is 5.91. The van der Waals surface area contributed by atoms with E-state index >= 15 is 0 Å². The van der Waals surface area contributed by atoms with Crippen molar-refractivity contribution < 1.29 is 18.7 Å². The Morgan fingerprint density at radius 2 is 1.63 bits per heavy atom. The number of amides is 2. The zero-order chi connectivity index (χ0) is 26.9. The van der Waals surface area contributed by atoms with E-state index in [1.807, 2.05) is 62.4 Å². The third-order valence-corrected chi connectivity index (χ3v) is 7.33. The van der Waals surface area contributed by atoms with Gasteiger partial charge >= 0.3 is 0 Å². The van der Waals surface area contributed by atoms with Gasteiger partial charge in [-0.2, -0.15) is 0 Å². The zero-order valence-corrected chi connectivity index (χ0v) is 22.3. The fraction of sp³-hybridized carbons (Fsp3) is 0.375. The molecule has 1 saturated carbocycles. The molecule has 3 aromatic rings. The molecule has 200 valence electrons. The number of carbonyl (C=O) groups is 2. The van der Waals surface area contributed by atoms with E-state index in [2.05, 4.69) is 5.32 Å². The molecule has 5 nitrogen and oxygen atoms in total. The number of rotatable bonds is 10. The third kappa shape index (κ3) is 7.67. The highest BCUT2D eigenvalue weighted by Crippen LogP contribution is 2.21. The van der Waals surface area contributed by atoms with E-state index in [1.54, 1.807) is 17.0 Å². The number of nitrogens with zero attached hydrogens (tertiary/aromatic N) is 1. The minimum absolute atomic E-state index is 0.115. The van der Waals surface area contributed by atoms with E-state index in [-0.39, 0.29) is 36.8 Å². The molecule has 0 spiro atoms. The standard InChI is InChI=1S/C32H37FN2O3/c1-23-13-18-29(19-24(23)2)38-22-31(36)35(21-26-14-16-27(33)17-15-26)30(20-25-9-5-3-6-10-25)32(37)34-28-11-7-4-8-12-28/h3,5-6,9-10,13-19,28,30H,4,7-8,11-12,20-22H2,1-2H3,(H,34,37). The molecular formula is C32H37FN2O3. The van der Waals surface area contributed by atoms with Crippen LogP contribution in [0.4, 0.5) is 4.39 Å². The van der Waals surface area contributed by atoms with Crippen molar-refractivity contribution >= 4 is 11.8 Å². The van der Waals surface area contributed by atoms with E-state index in [0.29, 0.717) is 12.2 Å². The van der Waals surface area contributed by atoms with Gasteiger partial charge in [0.05, 0.1) is 0 Å². The molecule has 1 aliphatic carbocycles. The molecule has 6 heteroatoms. The summed E-state index contributed by atoms with van der Waals surface area (Å²) in [4.78, 5) is 29.1. The summed E-state index contributed by atoms with van der Waals surface area (Å²) in [6.07, 6.45) is 5.64. The second-order valence-corrected chi connectivity index (χ2v) is 10.2. The summed E-state index contributed by atoms with van der Waals surface area (Å²) in [5, 5.41) is 3.22. The summed E-state index contributed by atoms with van der Waals surface area (Å²) >= 11 is 0. The molecule has 3 aromatic carbocycles. The van der Waals surface area contributed by atoms with Gasteiger partial charge in [-0.05, 0) is 73.2 Å². The maximum Gasteiger partial charge on any atom is 0.261 e. The number of benzene rings is 3. The Balaban J connectivity index is 1.60. The summed E-state index contributed by atoms with van der Waals surface area (Å²) < 4.78 is 19.5. The molecule has 0 radical (unpaired) electrons. The van der Waals surface area contributed by atoms with Crippen LogP contribution in [0.2, 0.25) is 0 Å². The smallest absolute Gasteiger partial charge is 0.261 e. The largest absolute Gasteiger partial charge is 0.484 e. The fourth-order valence-electron chi connectivity index (χ4n) is 4.92. The summed E-state index contributed by atoms with van der Waals surface area (Å²) in [7, 11) is 0. The van der Waals surface area contributed by atoms with Crippen LogP contribution in [0.25, 0.3) is 0 Å². The maximum absolute atomic E-state index is 13.8. The van der Waals surface area contributed by atoms with Gasteiger partial charge in [-0.25, -0.2) is 4.39 Å². The van der Waals surface area contributed by atoms with E-state index in [9.17, 15) is 14.0 Å². The van der Waals surface area contributed by atoms with Crippen molar-refractivity contribution in [3.63, 3.8) is 0 Å². The van der Waals surface area contributed by atoms with Crippen LogP contribution in [-0.4, -0.2) is 35.4 Å². The van der Waals surface area contributed by atoms with Crippen molar-refractivity contribution in [2.24, 2.45) is 0 Å². The van der Waals surface area contributed by atoms with E-state index < -0.39 is 6.04 Å². The highest BCUT2D eigenvalue weighted by atomic mass is 19.1. The Labute approximate surface area is 225 Å². The van der Waals surface area contributed by atoms with Gasteiger partial charge in [0.25, 0.3) is 5.91 Å². The number of hydrogen-bond acceptors (Lipinski definition) is 3. The highest BCUT2D eigenvalue weighted by molar-refractivity contribution is 5.88. The van der Waals surface area contributed by atoms with Crippen molar-refractivity contribution in [2.75, 3.05) is 6.61 Å². The first-order valence-corrected chi connectivity index (χ1v) is 13.5. The molecule has 1 fully saturated rings. The topological polar surface area (TPSA) is 58.6 Å². The monoisotopic (exact) mass is 516 g/mol. The summed E-state index contributed by atoms with van der Waals surface area (Å²) in [5.74, 6) is -0.204. The molecule has 0 heterocycles. The number of carbonyl (C=O) groups excluding carboxylic acids is 2. The molecule has 2 amide bonds. The summed E-state index contributed by atoms with van der Waals surface area (Å²) in [5.41, 5.74) is 3.92. The minimum Gasteiger partial charge on any atom is -0.484 e. The van der Waals surface area contributed by atoms with Crippen molar-refractivity contribution in [1.29, 1.82) is 0 Å². The van der Waals surface area contributed by atoms with Crippen LogP contribution in [0.5, 0.6) is 5.75 Å². The van der Waals surface area contributed by atoms with Gasteiger partial charge in [-0.1, -0.05) is 67.8 Å². The molecule has 1 N–H and O–H groups in total. The fourth-order valence-corrected chi connectivity index (χ4v) is 4.92. The third-order valence-electron chi connectivity index (χ3n) is 7.33. The van der Waals surface area contributed by atoms with Crippen molar-refractivity contribution in [1.82, 2.24) is 10.2 Å². The molecule has 0 aliphatic heterocycles. The Kier molecular flexibility index (Phi) is 9.52. The van der Waals surface area contributed by atoms with E-state index in [1.165, 1.54) is 18.6 Å². The van der Waals surface area contributed by atoms with Crippen molar-refractivity contribution in [3.8, 4) is 5.75 Å².